The van der Waals surface area contributed by atoms with E-state index in [2.05, 4.69) is 0 Å². The first-order valence-corrected chi connectivity index (χ1v) is 4.91. The Morgan fingerprint density at radius 3 is 2.93 bits per heavy atom. The zero-order valence-corrected chi connectivity index (χ0v) is 8.47. The second-order valence-electron chi connectivity index (χ2n) is 3.79. The zero-order valence-electron chi connectivity index (χ0n) is 8.47. The van der Waals surface area contributed by atoms with Crippen molar-refractivity contribution in [1.29, 1.82) is 0 Å². The van der Waals surface area contributed by atoms with Crippen LogP contribution in [-0.4, -0.2) is 27.8 Å². The number of hydrogen-bond donors (Lipinski definition) is 2. The maximum Gasteiger partial charge on any atom is 0.407 e. The molecule has 0 radical (unpaired) electrons. The van der Waals surface area contributed by atoms with Crippen molar-refractivity contribution < 1.29 is 15.0 Å². The number of carbonyl (C=O) groups is 1. The minimum atomic E-state index is -0.906. The summed E-state index contributed by atoms with van der Waals surface area (Å²) in [4.78, 5) is 12.3. The number of aromatic hydroxyl groups is 1. The summed E-state index contributed by atoms with van der Waals surface area (Å²) in [5.41, 5.74) is 2.03. The highest BCUT2D eigenvalue weighted by atomic mass is 16.4. The third-order valence-corrected chi connectivity index (χ3v) is 2.91. The van der Waals surface area contributed by atoms with Gasteiger partial charge < -0.3 is 15.1 Å². The number of phenols is 1. The zero-order chi connectivity index (χ0) is 11.0. The molecule has 0 fully saturated rings. The maximum atomic E-state index is 10.9. The second-order valence-corrected chi connectivity index (χ2v) is 3.79. The van der Waals surface area contributed by atoms with E-state index in [0.29, 0.717) is 13.0 Å². The van der Waals surface area contributed by atoms with Crippen molar-refractivity contribution in [3.05, 3.63) is 29.3 Å². The van der Waals surface area contributed by atoms with Gasteiger partial charge in [0, 0.05) is 6.54 Å². The summed E-state index contributed by atoms with van der Waals surface area (Å²) in [7, 11) is 0. The molecule has 1 amide bonds. The Morgan fingerprint density at radius 1 is 1.53 bits per heavy atom. The largest absolute Gasteiger partial charge is 0.508 e. The summed E-state index contributed by atoms with van der Waals surface area (Å²) in [6.45, 7) is 2.36. The first-order chi connectivity index (χ1) is 7.09. The highest BCUT2D eigenvalue weighted by Crippen LogP contribution is 2.31. The molecule has 80 valence electrons. The van der Waals surface area contributed by atoms with Crippen LogP contribution in [0.3, 0.4) is 0 Å². The molecule has 0 saturated carbocycles. The monoisotopic (exact) mass is 207 g/mol. The first kappa shape index (κ1) is 9.83. The van der Waals surface area contributed by atoms with Gasteiger partial charge in [0.1, 0.15) is 5.75 Å². The maximum absolute atomic E-state index is 10.9. The van der Waals surface area contributed by atoms with Gasteiger partial charge in [0.2, 0.25) is 0 Å². The Balaban J connectivity index is 2.40. The molecule has 4 heteroatoms. The first-order valence-electron chi connectivity index (χ1n) is 4.91. The molecule has 0 spiro atoms. The van der Waals surface area contributed by atoms with Gasteiger partial charge in [-0.3, -0.25) is 0 Å². The summed E-state index contributed by atoms with van der Waals surface area (Å²) in [6.07, 6.45) is -0.191. The summed E-state index contributed by atoms with van der Waals surface area (Å²) < 4.78 is 0. The average molecular weight is 207 g/mol. The molecule has 0 aromatic heterocycles. The molecule has 1 aliphatic rings. The number of nitrogens with zero attached hydrogens (tertiary/aromatic N) is 1. The highest BCUT2D eigenvalue weighted by molar-refractivity contribution is 5.66. The summed E-state index contributed by atoms with van der Waals surface area (Å²) in [5, 5.41) is 18.3. The minimum absolute atomic E-state index is 0.182. The number of benzene rings is 1. The number of carboxylic acid groups (broad SMARTS) is 1. The normalized spacial score (nSPS) is 19.8. The minimum Gasteiger partial charge on any atom is -0.508 e. The Morgan fingerprint density at radius 2 is 2.27 bits per heavy atom. The third kappa shape index (κ3) is 1.63. The fraction of sp³-hybridized carbons (Fsp3) is 0.364. The van der Waals surface area contributed by atoms with Crippen LogP contribution in [0.5, 0.6) is 5.75 Å². The molecule has 0 bridgehead atoms. The van der Waals surface area contributed by atoms with Crippen LogP contribution in [0.2, 0.25) is 0 Å². The number of rotatable bonds is 0. The smallest absolute Gasteiger partial charge is 0.407 e. The van der Waals surface area contributed by atoms with Gasteiger partial charge in [-0.25, -0.2) is 4.79 Å². The van der Waals surface area contributed by atoms with Crippen molar-refractivity contribution in [2.24, 2.45) is 0 Å². The Kier molecular flexibility index (Phi) is 2.26. The van der Waals surface area contributed by atoms with E-state index in [4.69, 9.17) is 5.11 Å². The van der Waals surface area contributed by atoms with Gasteiger partial charge in [0.25, 0.3) is 0 Å². The molecular weight excluding hydrogens is 194 g/mol. The summed E-state index contributed by atoms with van der Waals surface area (Å²) in [5.74, 6) is 0.188. The van der Waals surface area contributed by atoms with Crippen LogP contribution in [-0.2, 0) is 6.42 Å². The van der Waals surface area contributed by atoms with E-state index in [-0.39, 0.29) is 11.8 Å². The summed E-state index contributed by atoms with van der Waals surface area (Å²) >= 11 is 0. The molecule has 2 N–H and O–H groups in total. The van der Waals surface area contributed by atoms with E-state index in [1.165, 1.54) is 4.90 Å². The molecule has 4 nitrogen and oxygen atoms in total. The molecule has 1 aromatic rings. The van der Waals surface area contributed by atoms with Crippen LogP contribution in [0.1, 0.15) is 24.1 Å². The van der Waals surface area contributed by atoms with E-state index in [1.807, 2.05) is 13.0 Å². The van der Waals surface area contributed by atoms with Crippen LogP contribution in [0.25, 0.3) is 0 Å². The topological polar surface area (TPSA) is 60.8 Å². The number of phenolic OH excluding ortho intramolecular Hbond substituents is 1. The lowest BCUT2D eigenvalue weighted by atomic mass is 9.94. The van der Waals surface area contributed by atoms with E-state index in [1.54, 1.807) is 12.1 Å². The molecule has 1 unspecified atom stereocenters. The molecule has 1 atom stereocenters. The van der Waals surface area contributed by atoms with Crippen molar-refractivity contribution in [1.82, 2.24) is 4.90 Å². The molecule has 0 aliphatic carbocycles. The quantitative estimate of drug-likeness (QED) is 0.683. The highest BCUT2D eigenvalue weighted by Gasteiger charge is 2.27. The summed E-state index contributed by atoms with van der Waals surface area (Å²) in [6, 6.07) is 4.97. The van der Waals surface area contributed by atoms with E-state index < -0.39 is 6.09 Å². The number of amides is 1. The van der Waals surface area contributed by atoms with Crippen LogP contribution in [0, 0.1) is 0 Å². The third-order valence-electron chi connectivity index (χ3n) is 2.91. The van der Waals surface area contributed by atoms with Crippen LogP contribution in [0.15, 0.2) is 18.2 Å². The van der Waals surface area contributed by atoms with E-state index in [0.717, 1.165) is 11.1 Å². The van der Waals surface area contributed by atoms with Gasteiger partial charge in [0.05, 0.1) is 6.04 Å². The molecular formula is C11H13NO3. The lowest BCUT2D eigenvalue weighted by Crippen LogP contribution is -2.37. The van der Waals surface area contributed by atoms with E-state index in [9.17, 15) is 9.90 Å². The molecule has 15 heavy (non-hydrogen) atoms. The van der Waals surface area contributed by atoms with Crippen LogP contribution >= 0.6 is 0 Å². The van der Waals surface area contributed by atoms with Crippen molar-refractivity contribution in [2.75, 3.05) is 6.54 Å². The fourth-order valence-corrected chi connectivity index (χ4v) is 2.06. The standard InChI is InChI=1S/C11H13NO3/c1-7-10-6-9(13)3-2-8(10)4-5-12(7)11(14)15/h2-3,6-7,13H,4-5H2,1H3,(H,14,15). The second kappa shape index (κ2) is 3.46. The number of hydrogen-bond acceptors (Lipinski definition) is 2. The molecule has 2 rings (SSSR count). The molecule has 1 aliphatic heterocycles. The van der Waals surface area contributed by atoms with Gasteiger partial charge >= 0.3 is 6.09 Å². The van der Waals surface area contributed by atoms with Gasteiger partial charge in [0.15, 0.2) is 0 Å². The molecule has 1 aromatic carbocycles. The lowest BCUT2D eigenvalue weighted by molar-refractivity contribution is 0.124. The Labute approximate surface area is 87.8 Å². The lowest BCUT2D eigenvalue weighted by Gasteiger charge is -2.33. The van der Waals surface area contributed by atoms with Gasteiger partial charge in [-0.05, 0) is 36.6 Å². The van der Waals surface area contributed by atoms with E-state index >= 15 is 0 Å². The predicted molar refractivity (Wildman–Crippen MR) is 55.0 cm³/mol. The Hall–Kier alpha value is -1.71. The molecule has 0 saturated heterocycles. The Bertz CT molecular complexity index is 403. The number of fused-ring (bicyclic) bond motifs is 1. The van der Waals surface area contributed by atoms with Crippen molar-refractivity contribution in [2.45, 2.75) is 19.4 Å². The van der Waals surface area contributed by atoms with Gasteiger partial charge in [-0.15, -0.1) is 0 Å². The average Bonchev–Trinajstić information content (AvgIpc) is 2.19. The van der Waals surface area contributed by atoms with Crippen molar-refractivity contribution >= 4 is 6.09 Å². The predicted octanol–water partition coefficient (Wildman–Crippen LogP) is 1.99. The van der Waals surface area contributed by atoms with Crippen molar-refractivity contribution in [3.63, 3.8) is 0 Å². The van der Waals surface area contributed by atoms with Gasteiger partial charge in [-0.2, -0.15) is 0 Å². The fourth-order valence-electron chi connectivity index (χ4n) is 2.06. The van der Waals surface area contributed by atoms with Crippen LogP contribution < -0.4 is 0 Å². The molecule has 1 heterocycles. The van der Waals surface area contributed by atoms with Crippen LogP contribution in [0.4, 0.5) is 4.79 Å². The van der Waals surface area contributed by atoms with Crippen molar-refractivity contribution in [3.8, 4) is 5.75 Å². The van der Waals surface area contributed by atoms with Gasteiger partial charge in [-0.1, -0.05) is 6.07 Å². The SMILES string of the molecule is CC1c2cc(O)ccc2CCN1C(=O)O.